The highest BCUT2D eigenvalue weighted by Gasteiger charge is 2.47. The number of carbonyl (C=O) groups is 1. The molecular weight excluding hydrogens is 324 g/mol. The van der Waals surface area contributed by atoms with Gasteiger partial charge in [-0.15, -0.1) is 0 Å². The lowest BCUT2D eigenvalue weighted by molar-refractivity contribution is -0.145. The maximum absolute atomic E-state index is 13.6. The van der Waals surface area contributed by atoms with Gasteiger partial charge >= 0.3 is 0 Å². The van der Waals surface area contributed by atoms with E-state index in [1.165, 1.54) is 5.56 Å². The molecule has 2 saturated heterocycles. The molecule has 3 atom stereocenters. The summed E-state index contributed by atoms with van der Waals surface area (Å²) < 4.78 is 5.71. The summed E-state index contributed by atoms with van der Waals surface area (Å²) in [6, 6.07) is 20.7. The summed E-state index contributed by atoms with van der Waals surface area (Å²) in [5.74, 6) is 0.174. The molecule has 0 aliphatic carbocycles. The summed E-state index contributed by atoms with van der Waals surface area (Å²) in [5.41, 5.74) is 2.19. The van der Waals surface area contributed by atoms with Crippen LogP contribution in [0.1, 0.15) is 24.1 Å². The van der Waals surface area contributed by atoms with Gasteiger partial charge in [0.15, 0.2) is 0 Å². The van der Waals surface area contributed by atoms with E-state index in [9.17, 15) is 4.79 Å². The lowest BCUT2D eigenvalue weighted by Gasteiger charge is -2.40. The van der Waals surface area contributed by atoms with E-state index in [1.807, 2.05) is 29.2 Å². The van der Waals surface area contributed by atoms with E-state index in [0.717, 1.165) is 18.7 Å². The normalized spacial score (nSPS) is 28.9. The SMILES string of the molecule is C[C@@]1(c2ccccc2)CNC[C@H]1C(=O)N1CCOC[C@@H]1c1ccccc1. The summed E-state index contributed by atoms with van der Waals surface area (Å²) in [6.45, 7) is 5.59. The summed E-state index contributed by atoms with van der Waals surface area (Å²) >= 11 is 0. The summed E-state index contributed by atoms with van der Waals surface area (Å²) in [5, 5.41) is 3.46. The lowest BCUT2D eigenvalue weighted by atomic mass is 9.73. The lowest BCUT2D eigenvalue weighted by Crippen LogP contribution is -2.50. The Labute approximate surface area is 155 Å². The molecule has 2 aliphatic rings. The zero-order valence-corrected chi connectivity index (χ0v) is 15.2. The van der Waals surface area contributed by atoms with Crippen molar-refractivity contribution in [3.8, 4) is 0 Å². The van der Waals surface area contributed by atoms with Gasteiger partial charge in [-0.3, -0.25) is 4.79 Å². The second-order valence-electron chi connectivity index (χ2n) is 7.50. The Bertz CT molecular complexity index is 749. The molecule has 2 heterocycles. The fourth-order valence-corrected chi connectivity index (χ4v) is 4.33. The Kier molecular flexibility index (Phi) is 4.79. The second kappa shape index (κ2) is 7.22. The molecule has 0 aromatic heterocycles. The molecule has 4 heteroatoms. The molecule has 0 unspecified atom stereocenters. The molecular formula is C22H26N2O2. The molecule has 136 valence electrons. The van der Waals surface area contributed by atoms with E-state index in [4.69, 9.17) is 4.74 Å². The van der Waals surface area contributed by atoms with Gasteiger partial charge in [-0.2, -0.15) is 0 Å². The molecule has 4 rings (SSSR count). The third kappa shape index (κ3) is 3.04. The van der Waals surface area contributed by atoms with Crippen LogP contribution in [0.4, 0.5) is 0 Å². The van der Waals surface area contributed by atoms with E-state index in [-0.39, 0.29) is 23.3 Å². The number of morpholine rings is 1. The molecule has 0 saturated carbocycles. The molecule has 26 heavy (non-hydrogen) atoms. The molecule has 2 aromatic rings. The van der Waals surface area contributed by atoms with Crippen molar-refractivity contribution in [2.45, 2.75) is 18.4 Å². The Morgan fingerprint density at radius 1 is 1.12 bits per heavy atom. The highest BCUT2D eigenvalue weighted by molar-refractivity contribution is 5.82. The van der Waals surface area contributed by atoms with Crippen molar-refractivity contribution in [1.29, 1.82) is 0 Å². The highest BCUT2D eigenvalue weighted by atomic mass is 16.5. The minimum absolute atomic E-state index is 0.00178. The van der Waals surface area contributed by atoms with Crippen LogP contribution in [0, 0.1) is 5.92 Å². The van der Waals surface area contributed by atoms with Gasteiger partial charge in [0.1, 0.15) is 0 Å². The van der Waals surface area contributed by atoms with Crippen LogP contribution in [0.3, 0.4) is 0 Å². The van der Waals surface area contributed by atoms with Crippen LogP contribution in [-0.2, 0) is 14.9 Å². The summed E-state index contributed by atoms with van der Waals surface area (Å²) in [7, 11) is 0. The number of ether oxygens (including phenoxy) is 1. The van der Waals surface area contributed by atoms with Crippen LogP contribution in [-0.4, -0.2) is 43.7 Å². The van der Waals surface area contributed by atoms with Gasteiger partial charge < -0.3 is 15.0 Å². The average Bonchev–Trinajstić information content (AvgIpc) is 3.12. The van der Waals surface area contributed by atoms with Crippen molar-refractivity contribution in [3.63, 3.8) is 0 Å². The summed E-state index contributed by atoms with van der Waals surface area (Å²) in [6.07, 6.45) is 0. The Morgan fingerprint density at radius 3 is 2.54 bits per heavy atom. The quantitative estimate of drug-likeness (QED) is 0.925. The van der Waals surface area contributed by atoms with Crippen LogP contribution in [0.5, 0.6) is 0 Å². The first-order valence-corrected chi connectivity index (χ1v) is 9.39. The molecule has 0 spiro atoms. The Morgan fingerprint density at radius 2 is 1.81 bits per heavy atom. The molecule has 1 amide bonds. The highest BCUT2D eigenvalue weighted by Crippen LogP contribution is 2.38. The van der Waals surface area contributed by atoms with Crippen molar-refractivity contribution in [1.82, 2.24) is 10.2 Å². The molecule has 2 aromatic carbocycles. The second-order valence-corrected chi connectivity index (χ2v) is 7.50. The van der Waals surface area contributed by atoms with E-state index >= 15 is 0 Å². The van der Waals surface area contributed by atoms with Crippen LogP contribution in [0.15, 0.2) is 60.7 Å². The standard InChI is InChI=1S/C22H26N2O2/c1-22(18-10-6-3-7-11-18)16-23-14-19(22)21(25)24-12-13-26-15-20(24)17-8-4-2-5-9-17/h2-11,19-20,23H,12-16H2,1H3/t19-,20+,22-/m0/s1. The maximum atomic E-state index is 13.6. The van der Waals surface area contributed by atoms with E-state index < -0.39 is 0 Å². The first kappa shape index (κ1) is 17.3. The van der Waals surface area contributed by atoms with Crippen LogP contribution in [0.2, 0.25) is 0 Å². The van der Waals surface area contributed by atoms with Gasteiger partial charge in [-0.25, -0.2) is 0 Å². The molecule has 0 radical (unpaired) electrons. The van der Waals surface area contributed by atoms with Crippen molar-refractivity contribution < 1.29 is 9.53 Å². The number of hydrogen-bond acceptors (Lipinski definition) is 3. The van der Waals surface area contributed by atoms with Crippen molar-refractivity contribution in [3.05, 3.63) is 71.8 Å². The third-order valence-electron chi connectivity index (χ3n) is 5.94. The minimum atomic E-state index is -0.183. The van der Waals surface area contributed by atoms with Gasteiger partial charge in [0.05, 0.1) is 25.2 Å². The minimum Gasteiger partial charge on any atom is -0.377 e. The molecule has 2 fully saturated rings. The Balaban J connectivity index is 1.63. The first-order valence-electron chi connectivity index (χ1n) is 9.39. The predicted octanol–water partition coefficient (Wildman–Crippen LogP) is 2.76. The number of amides is 1. The van der Waals surface area contributed by atoms with Crippen LogP contribution >= 0.6 is 0 Å². The van der Waals surface area contributed by atoms with Crippen LogP contribution in [0.25, 0.3) is 0 Å². The Hall–Kier alpha value is -2.17. The summed E-state index contributed by atoms with van der Waals surface area (Å²) in [4.78, 5) is 15.6. The molecule has 4 nitrogen and oxygen atoms in total. The van der Waals surface area contributed by atoms with Crippen molar-refractivity contribution in [2.24, 2.45) is 5.92 Å². The van der Waals surface area contributed by atoms with E-state index in [2.05, 4.69) is 48.6 Å². The van der Waals surface area contributed by atoms with Gasteiger partial charge in [0.25, 0.3) is 0 Å². The topological polar surface area (TPSA) is 41.6 Å². The van der Waals surface area contributed by atoms with Crippen molar-refractivity contribution >= 4 is 5.91 Å². The van der Waals surface area contributed by atoms with Gasteiger partial charge in [-0.1, -0.05) is 67.6 Å². The maximum Gasteiger partial charge on any atom is 0.228 e. The molecule has 2 aliphatic heterocycles. The van der Waals surface area contributed by atoms with Gasteiger partial charge in [-0.05, 0) is 11.1 Å². The molecule has 1 N–H and O–H groups in total. The number of carbonyl (C=O) groups excluding carboxylic acids is 1. The van der Waals surface area contributed by atoms with Crippen LogP contribution < -0.4 is 5.32 Å². The number of rotatable bonds is 3. The predicted molar refractivity (Wildman–Crippen MR) is 102 cm³/mol. The van der Waals surface area contributed by atoms with Gasteiger partial charge in [0.2, 0.25) is 5.91 Å². The monoisotopic (exact) mass is 350 g/mol. The van der Waals surface area contributed by atoms with Gasteiger partial charge in [0, 0.05) is 25.0 Å². The fourth-order valence-electron chi connectivity index (χ4n) is 4.33. The number of hydrogen-bond donors (Lipinski definition) is 1. The zero-order valence-electron chi connectivity index (χ0n) is 15.2. The van der Waals surface area contributed by atoms with E-state index in [0.29, 0.717) is 19.8 Å². The smallest absolute Gasteiger partial charge is 0.228 e. The average molecular weight is 350 g/mol. The number of benzene rings is 2. The number of nitrogens with one attached hydrogen (secondary N) is 1. The molecule has 0 bridgehead atoms. The largest absolute Gasteiger partial charge is 0.377 e. The van der Waals surface area contributed by atoms with Crippen molar-refractivity contribution in [2.75, 3.05) is 32.8 Å². The first-order chi connectivity index (χ1) is 12.7. The fraction of sp³-hybridized carbons (Fsp3) is 0.409. The third-order valence-corrected chi connectivity index (χ3v) is 5.94. The number of nitrogens with zero attached hydrogens (tertiary/aromatic N) is 1. The van der Waals surface area contributed by atoms with E-state index in [1.54, 1.807) is 0 Å². The zero-order chi connectivity index (χ0) is 18.0.